The van der Waals surface area contributed by atoms with E-state index < -0.39 is 0 Å². The Hall–Kier alpha value is -3.20. The third-order valence-corrected chi connectivity index (χ3v) is 5.27. The van der Waals surface area contributed by atoms with Crippen molar-refractivity contribution in [2.45, 2.75) is 25.7 Å². The predicted octanol–water partition coefficient (Wildman–Crippen LogP) is 3.44. The Kier molecular flexibility index (Phi) is 4.59. The number of piperidine rings is 1. The van der Waals surface area contributed by atoms with Gasteiger partial charge in [0.25, 0.3) is 0 Å². The number of nitriles is 1. The van der Waals surface area contributed by atoms with E-state index in [-0.39, 0.29) is 0 Å². The smallest absolute Gasteiger partial charge is 0.135 e. The van der Waals surface area contributed by atoms with Crippen molar-refractivity contribution in [2.24, 2.45) is 7.05 Å². The number of aryl methyl sites for hydroxylation is 2. The van der Waals surface area contributed by atoms with E-state index in [2.05, 4.69) is 38.3 Å². The van der Waals surface area contributed by atoms with Crippen molar-refractivity contribution in [2.75, 3.05) is 18.0 Å². The summed E-state index contributed by atoms with van der Waals surface area (Å²) in [7, 11) is 2.00. The molecule has 1 aliphatic heterocycles. The van der Waals surface area contributed by atoms with Gasteiger partial charge in [0.2, 0.25) is 0 Å². The van der Waals surface area contributed by atoms with E-state index in [1.807, 2.05) is 43.1 Å². The summed E-state index contributed by atoms with van der Waals surface area (Å²) in [5.74, 6) is 1.46. The minimum Gasteiger partial charge on any atom is -0.370 e. The Bertz CT molecular complexity index is 992. The number of para-hydroxylation sites is 1. The van der Waals surface area contributed by atoms with Crippen LogP contribution in [0.3, 0.4) is 0 Å². The molecule has 6 nitrogen and oxygen atoms in total. The van der Waals surface area contributed by atoms with Gasteiger partial charge in [-0.1, -0.05) is 12.1 Å². The summed E-state index contributed by atoms with van der Waals surface area (Å²) < 4.78 is 2.01. The number of nitrogens with zero attached hydrogens (tertiary/aromatic N) is 6. The highest BCUT2D eigenvalue weighted by Gasteiger charge is 2.26. The van der Waals surface area contributed by atoms with Crippen molar-refractivity contribution in [3.05, 3.63) is 59.9 Å². The summed E-state index contributed by atoms with van der Waals surface area (Å²) in [6.45, 7) is 3.82. The van der Waals surface area contributed by atoms with Gasteiger partial charge in [-0.2, -0.15) is 5.26 Å². The zero-order valence-electron chi connectivity index (χ0n) is 15.6. The molecule has 0 unspecified atom stereocenters. The van der Waals surface area contributed by atoms with Crippen molar-refractivity contribution in [3.63, 3.8) is 0 Å². The Balaban J connectivity index is 1.66. The van der Waals surface area contributed by atoms with Crippen LogP contribution in [0.1, 0.15) is 35.7 Å². The lowest BCUT2D eigenvalue weighted by Gasteiger charge is -2.35. The summed E-state index contributed by atoms with van der Waals surface area (Å²) in [5, 5.41) is 18.0. The van der Waals surface area contributed by atoms with Crippen LogP contribution in [0, 0.1) is 18.3 Å². The van der Waals surface area contributed by atoms with Crippen LogP contribution in [0.25, 0.3) is 11.1 Å². The monoisotopic (exact) mass is 358 g/mol. The van der Waals surface area contributed by atoms with Gasteiger partial charge in [0.15, 0.2) is 0 Å². The van der Waals surface area contributed by atoms with Crippen molar-refractivity contribution < 1.29 is 0 Å². The van der Waals surface area contributed by atoms with E-state index in [1.165, 1.54) is 0 Å². The standard InChI is InChI=1S/C21H22N6/c1-15-10-18(13-23-12-15)19-5-3-4-17(11-22)20(19)27-8-6-16(7-9-27)21-25-24-14-26(21)2/h3-5,10,12-14,16H,6-9H2,1-2H3. The van der Waals surface area contributed by atoms with Crippen LogP contribution in [0.2, 0.25) is 0 Å². The molecule has 0 aliphatic carbocycles. The number of rotatable bonds is 3. The van der Waals surface area contributed by atoms with Gasteiger partial charge in [0.1, 0.15) is 18.2 Å². The first-order valence-corrected chi connectivity index (χ1v) is 9.21. The van der Waals surface area contributed by atoms with Crippen molar-refractivity contribution in [3.8, 4) is 17.2 Å². The maximum absolute atomic E-state index is 9.70. The predicted molar refractivity (Wildman–Crippen MR) is 104 cm³/mol. The number of hydrogen-bond donors (Lipinski definition) is 0. The number of hydrogen-bond acceptors (Lipinski definition) is 5. The Morgan fingerprint density at radius 2 is 2.00 bits per heavy atom. The van der Waals surface area contributed by atoms with Gasteiger partial charge in [-0.25, -0.2) is 0 Å². The van der Waals surface area contributed by atoms with Gasteiger partial charge in [-0.05, 0) is 37.5 Å². The van der Waals surface area contributed by atoms with E-state index in [0.717, 1.165) is 54.1 Å². The summed E-state index contributed by atoms with van der Waals surface area (Å²) in [5.41, 5.74) is 4.97. The molecule has 0 bridgehead atoms. The minimum atomic E-state index is 0.409. The van der Waals surface area contributed by atoms with Crippen LogP contribution in [0.4, 0.5) is 5.69 Å². The minimum absolute atomic E-state index is 0.409. The van der Waals surface area contributed by atoms with Gasteiger partial charge in [0.05, 0.1) is 11.3 Å². The number of aromatic nitrogens is 4. The van der Waals surface area contributed by atoms with Gasteiger partial charge < -0.3 is 9.47 Å². The Morgan fingerprint density at radius 3 is 2.67 bits per heavy atom. The molecule has 0 radical (unpaired) electrons. The molecule has 1 fully saturated rings. The fourth-order valence-corrected chi connectivity index (χ4v) is 3.93. The van der Waals surface area contributed by atoms with Crippen molar-refractivity contribution in [1.82, 2.24) is 19.7 Å². The molecule has 0 spiro atoms. The first-order valence-electron chi connectivity index (χ1n) is 9.21. The van der Waals surface area contributed by atoms with Crippen LogP contribution >= 0.6 is 0 Å². The van der Waals surface area contributed by atoms with Crippen molar-refractivity contribution >= 4 is 5.69 Å². The van der Waals surface area contributed by atoms with E-state index >= 15 is 0 Å². The zero-order chi connectivity index (χ0) is 18.8. The fraction of sp³-hybridized carbons (Fsp3) is 0.333. The first-order chi connectivity index (χ1) is 13.2. The van der Waals surface area contributed by atoms with Crippen LogP contribution in [-0.4, -0.2) is 32.8 Å². The molecule has 4 rings (SSSR count). The molecule has 3 aromatic rings. The molecule has 3 heterocycles. The third kappa shape index (κ3) is 3.28. The largest absolute Gasteiger partial charge is 0.370 e. The van der Waals surface area contributed by atoms with Crippen LogP contribution in [-0.2, 0) is 7.05 Å². The average Bonchev–Trinajstić information content (AvgIpc) is 3.13. The second-order valence-corrected chi connectivity index (χ2v) is 7.13. The molecule has 0 amide bonds. The summed E-state index contributed by atoms with van der Waals surface area (Å²) >= 11 is 0. The quantitative estimate of drug-likeness (QED) is 0.717. The van der Waals surface area contributed by atoms with Gasteiger partial charge >= 0.3 is 0 Å². The topological polar surface area (TPSA) is 70.6 Å². The van der Waals surface area contributed by atoms with E-state index in [4.69, 9.17) is 0 Å². The molecule has 27 heavy (non-hydrogen) atoms. The van der Waals surface area contributed by atoms with Crippen molar-refractivity contribution in [1.29, 1.82) is 5.26 Å². The second kappa shape index (κ2) is 7.20. The summed E-state index contributed by atoms with van der Waals surface area (Å²) in [4.78, 5) is 6.67. The second-order valence-electron chi connectivity index (χ2n) is 7.13. The fourth-order valence-electron chi connectivity index (χ4n) is 3.93. The number of benzene rings is 1. The lowest BCUT2D eigenvalue weighted by atomic mass is 9.93. The van der Waals surface area contributed by atoms with Gasteiger partial charge in [0, 0.05) is 49.6 Å². The summed E-state index contributed by atoms with van der Waals surface area (Å²) in [6, 6.07) is 10.4. The van der Waals surface area contributed by atoms with Crippen LogP contribution < -0.4 is 4.90 Å². The molecular weight excluding hydrogens is 336 g/mol. The number of pyridine rings is 1. The molecular formula is C21H22N6. The van der Waals surface area contributed by atoms with Gasteiger partial charge in [-0.15, -0.1) is 10.2 Å². The molecule has 2 aromatic heterocycles. The molecule has 0 atom stereocenters. The van der Waals surface area contributed by atoms with Crippen LogP contribution in [0.5, 0.6) is 0 Å². The third-order valence-electron chi connectivity index (χ3n) is 5.27. The first kappa shape index (κ1) is 17.2. The molecule has 0 saturated carbocycles. The molecule has 1 saturated heterocycles. The normalized spacial score (nSPS) is 14.9. The van der Waals surface area contributed by atoms with E-state index in [9.17, 15) is 5.26 Å². The molecule has 1 aliphatic rings. The molecule has 136 valence electrons. The molecule has 1 aromatic carbocycles. The summed E-state index contributed by atoms with van der Waals surface area (Å²) in [6.07, 6.45) is 7.48. The molecule has 0 N–H and O–H groups in total. The average molecular weight is 358 g/mol. The van der Waals surface area contributed by atoms with Crippen LogP contribution in [0.15, 0.2) is 43.0 Å². The highest BCUT2D eigenvalue weighted by atomic mass is 15.3. The highest BCUT2D eigenvalue weighted by Crippen LogP contribution is 2.37. The SMILES string of the molecule is Cc1cncc(-c2cccc(C#N)c2N2CCC(c3nncn3C)CC2)c1. The lowest BCUT2D eigenvalue weighted by molar-refractivity contribution is 0.474. The maximum Gasteiger partial charge on any atom is 0.135 e. The number of anilines is 1. The zero-order valence-corrected chi connectivity index (χ0v) is 15.6. The van der Waals surface area contributed by atoms with E-state index in [1.54, 1.807) is 6.33 Å². The van der Waals surface area contributed by atoms with Gasteiger partial charge in [-0.3, -0.25) is 4.98 Å². The van der Waals surface area contributed by atoms with E-state index in [0.29, 0.717) is 11.5 Å². The highest BCUT2D eigenvalue weighted by molar-refractivity contribution is 5.82. The molecule has 6 heteroatoms. The Labute approximate surface area is 159 Å². The lowest BCUT2D eigenvalue weighted by Crippen LogP contribution is -2.34. The Morgan fingerprint density at radius 1 is 1.19 bits per heavy atom. The maximum atomic E-state index is 9.70.